The van der Waals surface area contributed by atoms with Crippen LogP contribution in [0.25, 0.3) is 0 Å². The van der Waals surface area contributed by atoms with Crippen LogP contribution < -0.4 is 32.3 Å². The number of aliphatic hydroxyl groups excluding tert-OH is 1. The predicted molar refractivity (Wildman–Crippen MR) is 149 cm³/mol. The number of hydrogen-bond donors (Lipinski definition) is 10. The summed E-state index contributed by atoms with van der Waals surface area (Å²) < 4.78 is 0. The van der Waals surface area contributed by atoms with Gasteiger partial charge in [-0.2, -0.15) is 0 Å². The fourth-order valence-corrected chi connectivity index (χ4v) is 4.05. The third-order valence-corrected chi connectivity index (χ3v) is 6.57. The van der Waals surface area contributed by atoms with Crippen molar-refractivity contribution in [1.82, 2.24) is 31.5 Å². The van der Waals surface area contributed by atoms with Gasteiger partial charge in [0.05, 0.1) is 25.7 Å². The molecule has 0 aromatic rings. The molecule has 1 fully saturated rings. The summed E-state index contributed by atoms with van der Waals surface area (Å²) in [6, 6.07) is -6.46. The zero-order valence-electron chi connectivity index (χ0n) is 24.4. The lowest BCUT2D eigenvalue weighted by atomic mass is 10.1. The van der Waals surface area contributed by atoms with Crippen LogP contribution in [0.3, 0.4) is 0 Å². The summed E-state index contributed by atoms with van der Waals surface area (Å²) >= 11 is 0. The van der Waals surface area contributed by atoms with Crippen molar-refractivity contribution >= 4 is 53.4 Å². The third kappa shape index (κ3) is 13.5. The minimum absolute atomic E-state index is 0.140. The molecule has 11 N–H and O–H groups in total. The van der Waals surface area contributed by atoms with Gasteiger partial charge in [-0.25, -0.2) is 4.79 Å². The summed E-state index contributed by atoms with van der Waals surface area (Å²) in [5, 5.41) is 47.3. The Labute approximate surface area is 256 Å². The Balaban J connectivity index is 2.55. The number of nitrogens with one attached hydrogen (secondary N) is 5. The van der Waals surface area contributed by atoms with E-state index in [4.69, 9.17) is 15.9 Å². The van der Waals surface area contributed by atoms with E-state index in [0.29, 0.717) is 6.42 Å². The fourth-order valence-electron chi connectivity index (χ4n) is 4.05. The van der Waals surface area contributed by atoms with Gasteiger partial charge in [0.1, 0.15) is 24.2 Å². The molecule has 1 aliphatic rings. The first-order valence-electron chi connectivity index (χ1n) is 13.8. The SMILES string of the molecule is C[C@H](NC(=O)[C@@H](N)CCC(=O)O)C(=O)N[C@@H](CO)C(=O)NCC(=O)NCC(=O)N1CCC[C@H]1C(=O)N[C@@H](CCC(=O)O)C(=O)O. The minimum atomic E-state index is -1.53. The monoisotopic (exact) mass is 645 g/mol. The van der Waals surface area contributed by atoms with Crippen LogP contribution in [-0.4, -0.2) is 135 Å². The molecule has 6 amide bonds. The number of nitrogens with two attached hydrogens (primary N) is 1. The zero-order chi connectivity index (χ0) is 34.3. The lowest BCUT2D eigenvalue weighted by Gasteiger charge is -2.25. The van der Waals surface area contributed by atoms with E-state index in [0.717, 1.165) is 4.90 Å². The molecule has 1 rings (SSSR count). The van der Waals surface area contributed by atoms with Crippen molar-refractivity contribution in [2.45, 2.75) is 75.7 Å². The van der Waals surface area contributed by atoms with Crippen LogP contribution >= 0.6 is 0 Å². The van der Waals surface area contributed by atoms with Crippen LogP contribution in [0.1, 0.15) is 45.4 Å². The quantitative estimate of drug-likeness (QED) is 0.0628. The molecule has 20 nitrogen and oxygen atoms in total. The molecule has 20 heteroatoms. The summed E-state index contributed by atoms with van der Waals surface area (Å²) in [5.74, 6) is -8.82. The summed E-state index contributed by atoms with van der Waals surface area (Å²) in [7, 11) is 0. The second kappa shape index (κ2) is 18.7. The zero-order valence-corrected chi connectivity index (χ0v) is 24.4. The van der Waals surface area contributed by atoms with Crippen LogP contribution in [0.5, 0.6) is 0 Å². The Kier molecular flexibility index (Phi) is 15.9. The second-order valence-electron chi connectivity index (χ2n) is 10.1. The molecule has 5 atom stereocenters. The van der Waals surface area contributed by atoms with Crippen molar-refractivity contribution in [2.75, 3.05) is 26.2 Å². The fraction of sp³-hybridized carbons (Fsp3) is 0.640. The van der Waals surface area contributed by atoms with Gasteiger partial charge in [0, 0.05) is 19.4 Å². The first-order valence-corrected chi connectivity index (χ1v) is 13.8. The van der Waals surface area contributed by atoms with Crippen molar-refractivity contribution in [3.63, 3.8) is 0 Å². The van der Waals surface area contributed by atoms with Crippen molar-refractivity contribution in [3.8, 4) is 0 Å². The molecular weight excluding hydrogens is 606 g/mol. The normalized spacial score (nSPS) is 16.7. The molecule has 0 aromatic carbocycles. The van der Waals surface area contributed by atoms with E-state index < -0.39 is 110 Å². The van der Waals surface area contributed by atoms with Crippen molar-refractivity contribution < 1.29 is 63.6 Å². The number of carbonyl (C=O) groups is 9. The van der Waals surface area contributed by atoms with E-state index in [1.54, 1.807) is 0 Å². The number of aliphatic carboxylic acids is 3. The highest BCUT2D eigenvalue weighted by molar-refractivity contribution is 5.95. The second-order valence-corrected chi connectivity index (χ2v) is 10.1. The largest absolute Gasteiger partial charge is 0.481 e. The number of carboxylic acids is 3. The molecule has 0 bridgehead atoms. The molecule has 1 heterocycles. The molecular formula is C25H39N7O13. The van der Waals surface area contributed by atoms with E-state index in [2.05, 4.69) is 26.6 Å². The minimum Gasteiger partial charge on any atom is -0.481 e. The van der Waals surface area contributed by atoms with E-state index in [1.807, 2.05) is 0 Å². The molecule has 0 aromatic heterocycles. The van der Waals surface area contributed by atoms with Crippen LogP contribution in [0.2, 0.25) is 0 Å². The van der Waals surface area contributed by atoms with Crippen LogP contribution in [0.4, 0.5) is 0 Å². The Bertz CT molecular complexity index is 1150. The molecule has 0 spiro atoms. The maximum atomic E-state index is 12.7. The van der Waals surface area contributed by atoms with E-state index in [1.165, 1.54) is 6.92 Å². The van der Waals surface area contributed by atoms with E-state index in [-0.39, 0.29) is 32.2 Å². The van der Waals surface area contributed by atoms with E-state index in [9.17, 15) is 53.4 Å². The number of likely N-dealkylation sites (tertiary alicyclic amines) is 1. The maximum Gasteiger partial charge on any atom is 0.326 e. The molecule has 0 radical (unpaired) electrons. The van der Waals surface area contributed by atoms with Crippen LogP contribution in [-0.2, 0) is 43.2 Å². The average Bonchev–Trinajstić information content (AvgIpc) is 3.48. The topological polar surface area (TPSA) is 324 Å². The molecule has 0 aliphatic carbocycles. The molecule has 0 unspecified atom stereocenters. The van der Waals surface area contributed by atoms with Gasteiger partial charge in [-0.1, -0.05) is 0 Å². The highest BCUT2D eigenvalue weighted by Crippen LogP contribution is 2.18. The van der Waals surface area contributed by atoms with Crippen molar-refractivity contribution in [1.29, 1.82) is 0 Å². The van der Waals surface area contributed by atoms with Gasteiger partial charge in [0.15, 0.2) is 0 Å². The van der Waals surface area contributed by atoms with Gasteiger partial charge in [0.2, 0.25) is 35.4 Å². The average molecular weight is 646 g/mol. The number of nitrogens with zero attached hydrogens (tertiary/aromatic N) is 1. The van der Waals surface area contributed by atoms with Crippen molar-refractivity contribution in [3.05, 3.63) is 0 Å². The summed E-state index contributed by atoms with van der Waals surface area (Å²) in [6.07, 6.45) is -0.785. The van der Waals surface area contributed by atoms with Crippen molar-refractivity contribution in [2.24, 2.45) is 5.73 Å². The summed E-state index contributed by atoms with van der Waals surface area (Å²) in [4.78, 5) is 108. The number of amides is 6. The number of carboxylic acid groups (broad SMARTS) is 3. The number of aliphatic hydroxyl groups is 1. The van der Waals surface area contributed by atoms with Crippen LogP contribution in [0, 0.1) is 0 Å². The predicted octanol–water partition coefficient (Wildman–Crippen LogP) is -5.18. The number of carbonyl (C=O) groups excluding carboxylic acids is 6. The summed E-state index contributed by atoms with van der Waals surface area (Å²) in [6.45, 7) is -0.732. The smallest absolute Gasteiger partial charge is 0.326 e. The lowest BCUT2D eigenvalue weighted by molar-refractivity contribution is -0.145. The Morgan fingerprint density at radius 1 is 0.800 bits per heavy atom. The molecule has 1 saturated heterocycles. The number of rotatable bonds is 19. The van der Waals surface area contributed by atoms with Crippen LogP contribution in [0.15, 0.2) is 0 Å². The van der Waals surface area contributed by atoms with E-state index >= 15 is 0 Å². The third-order valence-electron chi connectivity index (χ3n) is 6.57. The standard InChI is InChI=1S/C25H39N7O13/c1-12(29-22(41)13(26)4-6-19(36)37)21(40)31-15(11-33)23(42)28-9-17(34)27-10-18(35)32-8-2-3-16(32)24(43)30-14(25(44)45)5-7-20(38)39/h12-16,33H,2-11,26H2,1H3,(H,27,34)(H,28,42)(H,29,41)(H,30,43)(H,31,40)(H,36,37)(H,38,39)(H,44,45)/t12-,13-,14-,15-,16-/m0/s1. The lowest BCUT2D eigenvalue weighted by Crippen LogP contribution is -2.56. The Morgan fingerprint density at radius 3 is 2.00 bits per heavy atom. The first-order chi connectivity index (χ1) is 21.1. The number of hydrogen-bond acceptors (Lipinski definition) is 11. The highest BCUT2D eigenvalue weighted by atomic mass is 16.4. The molecule has 45 heavy (non-hydrogen) atoms. The first kappa shape index (κ1) is 38.2. The Morgan fingerprint density at radius 2 is 1.42 bits per heavy atom. The Hall–Kier alpha value is -4.85. The van der Waals surface area contributed by atoms with Gasteiger partial charge < -0.3 is 57.6 Å². The summed E-state index contributed by atoms with van der Waals surface area (Å²) in [5.41, 5.74) is 5.58. The highest BCUT2D eigenvalue weighted by Gasteiger charge is 2.36. The van der Waals surface area contributed by atoms with Gasteiger partial charge in [0.25, 0.3) is 0 Å². The van der Waals surface area contributed by atoms with Gasteiger partial charge in [-0.15, -0.1) is 0 Å². The molecule has 252 valence electrons. The molecule has 1 aliphatic heterocycles. The maximum absolute atomic E-state index is 12.7. The van der Waals surface area contributed by atoms with Gasteiger partial charge in [-0.3, -0.25) is 38.4 Å². The molecule has 0 saturated carbocycles. The van der Waals surface area contributed by atoms with Gasteiger partial charge >= 0.3 is 17.9 Å². The van der Waals surface area contributed by atoms with Gasteiger partial charge in [-0.05, 0) is 32.6 Å².